The van der Waals surface area contributed by atoms with Crippen LogP contribution in [0.2, 0.25) is 0 Å². The molecule has 0 amide bonds. The van der Waals surface area contributed by atoms with Crippen molar-refractivity contribution in [2.45, 2.75) is 0 Å². The van der Waals surface area contributed by atoms with Crippen LogP contribution in [0.25, 0.3) is 0 Å². The van der Waals surface area contributed by atoms with Gasteiger partial charge in [0, 0.05) is 80.8 Å². The van der Waals surface area contributed by atoms with Gasteiger partial charge >= 0.3 is 0 Å². The van der Waals surface area contributed by atoms with Gasteiger partial charge in [-0.2, -0.15) is 0 Å². The van der Waals surface area contributed by atoms with E-state index in [0.717, 1.165) is 0 Å². The van der Waals surface area contributed by atoms with E-state index < -0.39 is 0 Å². The van der Waals surface area contributed by atoms with Crippen LogP contribution in [0.15, 0.2) is 0 Å². The number of hydrogen-bond donors (Lipinski definition) is 0. The van der Waals surface area contributed by atoms with Crippen LogP contribution in [0.4, 0.5) is 0 Å². The summed E-state index contributed by atoms with van der Waals surface area (Å²) in [7, 11) is 0. The van der Waals surface area contributed by atoms with E-state index in [9.17, 15) is 0 Å². The summed E-state index contributed by atoms with van der Waals surface area (Å²) in [6.07, 6.45) is 0. The Kier molecular flexibility index (Phi) is 199. The SMILES string of the molecule is Cl.Cl.Cl.[Sm].[Sm]. The maximum atomic E-state index is 0. The zero-order valence-corrected chi connectivity index (χ0v) is 9.73. The van der Waals surface area contributed by atoms with Crippen LogP contribution in [0.5, 0.6) is 0 Å². The molecular weight excluding hydrogens is 407 g/mol. The standard InChI is InChI=1S/3ClH.2Sm/h3*1H;;. The maximum absolute atomic E-state index is 0. The summed E-state index contributed by atoms with van der Waals surface area (Å²) in [5.74, 6) is 0. The van der Waals surface area contributed by atoms with E-state index in [1.165, 1.54) is 0 Å². The van der Waals surface area contributed by atoms with Crippen molar-refractivity contribution in [1.29, 1.82) is 0 Å². The fourth-order valence-corrected chi connectivity index (χ4v) is 0. The third-order valence-electron chi connectivity index (χ3n) is 0. The summed E-state index contributed by atoms with van der Waals surface area (Å²) in [6.45, 7) is 0. The second-order valence-corrected chi connectivity index (χ2v) is 0. The number of halogens is 3. The third-order valence-corrected chi connectivity index (χ3v) is 0. The molecular formula is H3Cl3Sm2. The molecule has 0 spiro atoms. The van der Waals surface area contributed by atoms with E-state index in [-0.39, 0.29) is 118 Å². The summed E-state index contributed by atoms with van der Waals surface area (Å²) < 4.78 is 0. The Bertz CT molecular complexity index is 4.85. The Labute approximate surface area is 115 Å². The Morgan fingerprint density at radius 3 is 0.400 bits per heavy atom. The van der Waals surface area contributed by atoms with Crippen LogP contribution in [0.3, 0.4) is 0 Å². The first-order valence-electron chi connectivity index (χ1n) is 0. The molecule has 0 saturated heterocycles. The van der Waals surface area contributed by atoms with Crippen LogP contribution in [-0.2, 0) is 0 Å². The summed E-state index contributed by atoms with van der Waals surface area (Å²) >= 11 is 0. The van der Waals surface area contributed by atoms with E-state index in [1.807, 2.05) is 0 Å². The summed E-state index contributed by atoms with van der Waals surface area (Å²) in [5, 5.41) is 0. The van der Waals surface area contributed by atoms with Crippen molar-refractivity contribution < 1.29 is 80.8 Å². The topological polar surface area (TPSA) is 0 Å². The molecule has 0 aliphatic heterocycles. The molecule has 5 heteroatoms. The molecule has 0 radical (unpaired) electrons. The minimum Gasteiger partial charge on any atom is -0.147 e. The molecule has 0 saturated carbocycles. The van der Waals surface area contributed by atoms with Crippen molar-refractivity contribution in [2.75, 3.05) is 0 Å². The molecule has 0 nitrogen and oxygen atoms in total. The molecule has 0 fully saturated rings. The van der Waals surface area contributed by atoms with Crippen LogP contribution in [-0.4, -0.2) is 0 Å². The summed E-state index contributed by atoms with van der Waals surface area (Å²) in [5.41, 5.74) is 0. The van der Waals surface area contributed by atoms with Gasteiger partial charge in [-0.15, -0.1) is 37.2 Å². The predicted molar refractivity (Wildman–Crippen MR) is 21.7 cm³/mol. The van der Waals surface area contributed by atoms with E-state index in [4.69, 9.17) is 0 Å². The molecule has 0 atom stereocenters. The number of rotatable bonds is 0. The van der Waals surface area contributed by atoms with E-state index in [1.54, 1.807) is 0 Å². The average molecular weight is 410 g/mol. The van der Waals surface area contributed by atoms with Gasteiger partial charge in [0.05, 0.1) is 0 Å². The van der Waals surface area contributed by atoms with Crippen molar-refractivity contribution in [3.05, 3.63) is 0 Å². The van der Waals surface area contributed by atoms with Crippen molar-refractivity contribution in [3.8, 4) is 0 Å². The fraction of sp³-hybridized carbons (Fsp3) is 0. The Morgan fingerprint density at radius 2 is 0.400 bits per heavy atom. The summed E-state index contributed by atoms with van der Waals surface area (Å²) in [6, 6.07) is 0. The van der Waals surface area contributed by atoms with Crippen molar-refractivity contribution in [1.82, 2.24) is 0 Å². The Hall–Kier alpha value is 3.55. The monoisotopic (exact) mass is 412 g/mol. The first-order valence-corrected chi connectivity index (χ1v) is 0. The van der Waals surface area contributed by atoms with Gasteiger partial charge in [-0.05, 0) is 0 Å². The second kappa shape index (κ2) is 25.7. The molecule has 0 N–H and O–H groups in total. The quantitative estimate of drug-likeness (QED) is 0.565. The Morgan fingerprint density at radius 1 is 0.400 bits per heavy atom. The van der Waals surface area contributed by atoms with Crippen LogP contribution >= 0.6 is 37.2 Å². The van der Waals surface area contributed by atoms with Crippen molar-refractivity contribution in [2.24, 2.45) is 0 Å². The smallest absolute Gasteiger partial charge is 0 e. The maximum Gasteiger partial charge on any atom is 0 e. The van der Waals surface area contributed by atoms with E-state index in [0.29, 0.717) is 0 Å². The molecule has 36 valence electrons. The van der Waals surface area contributed by atoms with Crippen molar-refractivity contribution in [3.63, 3.8) is 0 Å². The van der Waals surface area contributed by atoms with Gasteiger partial charge in [-0.25, -0.2) is 0 Å². The van der Waals surface area contributed by atoms with Crippen LogP contribution in [0.1, 0.15) is 0 Å². The first kappa shape index (κ1) is 38.7. The van der Waals surface area contributed by atoms with Crippen molar-refractivity contribution >= 4 is 37.2 Å². The molecule has 0 rings (SSSR count). The minimum absolute atomic E-state index is 0. The number of hydrogen-bond acceptors (Lipinski definition) is 0. The van der Waals surface area contributed by atoms with E-state index in [2.05, 4.69) is 0 Å². The largest absolute Gasteiger partial charge is 0.147 e. The molecule has 0 bridgehead atoms. The van der Waals surface area contributed by atoms with Gasteiger partial charge in [0.15, 0.2) is 0 Å². The minimum atomic E-state index is 0. The molecule has 0 aromatic heterocycles. The zero-order valence-electron chi connectivity index (χ0n) is 2.04. The molecule has 0 unspecified atom stereocenters. The normalized spacial score (nSPS) is 0. The predicted octanol–water partition coefficient (Wildman–Crippen LogP) is 1.27. The second-order valence-electron chi connectivity index (χ2n) is 0. The summed E-state index contributed by atoms with van der Waals surface area (Å²) in [4.78, 5) is 0. The van der Waals surface area contributed by atoms with Gasteiger partial charge in [0.25, 0.3) is 0 Å². The molecule has 0 aromatic carbocycles. The fourth-order valence-electron chi connectivity index (χ4n) is 0. The average Bonchev–Trinajstić information content (AvgIpc) is 0. The Balaban J connectivity index is 0. The van der Waals surface area contributed by atoms with Gasteiger partial charge in [-0.3, -0.25) is 0 Å². The van der Waals surface area contributed by atoms with Gasteiger partial charge in [0.2, 0.25) is 0 Å². The molecule has 0 aliphatic carbocycles. The zero-order chi connectivity index (χ0) is 0. The molecule has 0 aliphatic rings. The van der Waals surface area contributed by atoms with Crippen LogP contribution in [0, 0.1) is 80.8 Å². The van der Waals surface area contributed by atoms with Crippen LogP contribution < -0.4 is 0 Å². The third kappa shape index (κ3) is 18.5. The van der Waals surface area contributed by atoms with Gasteiger partial charge < -0.3 is 0 Å². The van der Waals surface area contributed by atoms with Gasteiger partial charge in [-0.1, -0.05) is 0 Å². The first-order chi connectivity index (χ1) is 0. The molecule has 5 heavy (non-hydrogen) atoms. The molecule has 0 heterocycles. The van der Waals surface area contributed by atoms with Gasteiger partial charge in [0.1, 0.15) is 0 Å². The van der Waals surface area contributed by atoms with E-state index >= 15 is 0 Å². The molecule has 0 aromatic rings.